The Kier molecular flexibility index (Phi) is 3.12. The molecule has 4 rings (SSSR count). The SMILES string of the molecule is NC1CC2CCC1CN2Cc1cccc(Cl)c1. The van der Waals surface area contributed by atoms with Gasteiger partial charge in [-0.15, -0.1) is 0 Å². The highest BCUT2D eigenvalue weighted by atomic mass is 35.5. The molecule has 0 radical (unpaired) electrons. The summed E-state index contributed by atoms with van der Waals surface area (Å²) in [6.45, 7) is 2.19. The molecule has 2 saturated heterocycles. The smallest absolute Gasteiger partial charge is 0.0409 e. The molecule has 1 aliphatic carbocycles. The Labute approximate surface area is 108 Å². The summed E-state index contributed by atoms with van der Waals surface area (Å²) in [6.07, 6.45) is 3.81. The summed E-state index contributed by atoms with van der Waals surface area (Å²) in [7, 11) is 0. The largest absolute Gasteiger partial charge is 0.327 e. The van der Waals surface area contributed by atoms with Crippen LogP contribution in [-0.2, 0) is 6.54 Å². The first-order chi connectivity index (χ1) is 8.22. The molecule has 3 atom stereocenters. The molecule has 2 aliphatic heterocycles. The second-order valence-corrected chi connectivity index (χ2v) is 5.89. The van der Waals surface area contributed by atoms with Crippen molar-refractivity contribution in [3.05, 3.63) is 34.9 Å². The van der Waals surface area contributed by atoms with Crippen molar-refractivity contribution in [2.24, 2.45) is 11.7 Å². The molecule has 2 nitrogen and oxygen atoms in total. The number of halogens is 1. The van der Waals surface area contributed by atoms with Crippen LogP contribution in [0, 0.1) is 5.92 Å². The number of hydrogen-bond donors (Lipinski definition) is 1. The van der Waals surface area contributed by atoms with Crippen molar-refractivity contribution in [1.29, 1.82) is 0 Å². The minimum atomic E-state index is 0.435. The first-order valence-corrected chi connectivity index (χ1v) is 6.84. The lowest BCUT2D eigenvalue weighted by atomic mass is 9.76. The molecule has 2 heterocycles. The van der Waals surface area contributed by atoms with E-state index in [1.165, 1.54) is 31.4 Å². The van der Waals surface area contributed by atoms with Crippen molar-refractivity contribution in [1.82, 2.24) is 4.90 Å². The van der Waals surface area contributed by atoms with E-state index in [-0.39, 0.29) is 0 Å². The topological polar surface area (TPSA) is 29.3 Å². The van der Waals surface area contributed by atoms with Crippen molar-refractivity contribution in [3.63, 3.8) is 0 Å². The molecule has 0 amide bonds. The highest BCUT2D eigenvalue weighted by Crippen LogP contribution is 2.35. The van der Waals surface area contributed by atoms with Gasteiger partial charge in [0.05, 0.1) is 0 Å². The van der Waals surface area contributed by atoms with Gasteiger partial charge < -0.3 is 5.73 Å². The van der Waals surface area contributed by atoms with Gasteiger partial charge in [-0.2, -0.15) is 0 Å². The van der Waals surface area contributed by atoms with Gasteiger partial charge >= 0.3 is 0 Å². The van der Waals surface area contributed by atoms with E-state index in [2.05, 4.69) is 17.0 Å². The van der Waals surface area contributed by atoms with Gasteiger partial charge in [-0.05, 0) is 42.9 Å². The number of fused-ring (bicyclic) bond motifs is 3. The quantitative estimate of drug-likeness (QED) is 0.875. The molecule has 1 aromatic carbocycles. The van der Waals surface area contributed by atoms with Crippen molar-refractivity contribution >= 4 is 11.6 Å². The lowest BCUT2D eigenvalue weighted by Crippen LogP contribution is -2.56. The lowest BCUT2D eigenvalue weighted by molar-refractivity contribution is 0.0280. The van der Waals surface area contributed by atoms with Gasteiger partial charge in [0, 0.05) is 30.2 Å². The summed E-state index contributed by atoms with van der Waals surface area (Å²) in [4.78, 5) is 2.59. The van der Waals surface area contributed by atoms with Gasteiger partial charge in [0.15, 0.2) is 0 Å². The maximum Gasteiger partial charge on any atom is 0.0409 e. The first-order valence-electron chi connectivity index (χ1n) is 6.46. The highest BCUT2D eigenvalue weighted by Gasteiger charge is 2.38. The van der Waals surface area contributed by atoms with Crippen LogP contribution in [0.1, 0.15) is 24.8 Å². The third-order valence-corrected chi connectivity index (χ3v) is 4.52. The second-order valence-electron chi connectivity index (χ2n) is 5.45. The van der Waals surface area contributed by atoms with Crippen LogP contribution in [-0.4, -0.2) is 23.5 Å². The van der Waals surface area contributed by atoms with E-state index in [0.717, 1.165) is 11.6 Å². The Bertz CT molecular complexity index is 407. The molecule has 17 heavy (non-hydrogen) atoms. The minimum absolute atomic E-state index is 0.435. The summed E-state index contributed by atoms with van der Waals surface area (Å²) in [5, 5.41) is 0.835. The minimum Gasteiger partial charge on any atom is -0.327 e. The van der Waals surface area contributed by atoms with Crippen LogP contribution in [0.15, 0.2) is 24.3 Å². The molecular weight excluding hydrogens is 232 g/mol. The molecule has 3 aliphatic rings. The number of benzene rings is 1. The predicted octanol–water partition coefficient (Wildman–Crippen LogP) is 2.65. The van der Waals surface area contributed by atoms with Crippen LogP contribution in [0.2, 0.25) is 5.02 Å². The Hall–Kier alpha value is -0.570. The first kappa shape index (κ1) is 11.5. The molecule has 2 bridgehead atoms. The number of hydrogen-bond acceptors (Lipinski definition) is 2. The van der Waals surface area contributed by atoms with Crippen LogP contribution in [0.3, 0.4) is 0 Å². The summed E-state index contributed by atoms with van der Waals surface area (Å²) >= 11 is 6.03. The van der Waals surface area contributed by atoms with Crippen LogP contribution in [0.25, 0.3) is 0 Å². The Morgan fingerprint density at radius 2 is 2.24 bits per heavy atom. The van der Waals surface area contributed by atoms with Gasteiger partial charge in [-0.1, -0.05) is 23.7 Å². The third kappa shape index (κ3) is 2.35. The highest BCUT2D eigenvalue weighted by molar-refractivity contribution is 6.30. The predicted molar refractivity (Wildman–Crippen MR) is 71.0 cm³/mol. The van der Waals surface area contributed by atoms with Crippen molar-refractivity contribution < 1.29 is 0 Å². The average molecular weight is 251 g/mol. The zero-order chi connectivity index (χ0) is 11.8. The molecule has 3 unspecified atom stereocenters. The average Bonchev–Trinajstić information content (AvgIpc) is 2.31. The number of rotatable bonds is 2. The van der Waals surface area contributed by atoms with Crippen molar-refractivity contribution in [2.45, 2.75) is 37.9 Å². The third-order valence-electron chi connectivity index (χ3n) is 4.28. The Morgan fingerprint density at radius 3 is 2.88 bits per heavy atom. The van der Waals surface area contributed by atoms with E-state index in [0.29, 0.717) is 18.0 Å². The van der Waals surface area contributed by atoms with Crippen LogP contribution >= 0.6 is 11.6 Å². The maximum atomic E-state index is 6.15. The fraction of sp³-hybridized carbons (Fsp3) is 0.571. The van der Waals surface area contributed by atoms with E-state index in [9.17, 15) is 0 Å². The second kappa shape index (κ2) is 4.60. The van der Waals surface area contributed by atoms with E-state index in [4.69, 9.17) is 17.3 Å². The Morgan fingerprint density at radius 1 is 1.35 bits per heavy atom. The van der Waals surface area contributed by atoms with Gasteiger partial charge in [-0.3, -0.25) is 4.90 Å². The summed E-state index contributed by atoms with van der Waals surface area (Å²) in [5.41, 5.74) is 7.47. The number of nitrogens with zero attached hydrogens (tertiary/aromatic N) is 1. The maximum absolute atomic E-state index is 6.15. The number of nitrogens with two attached hydrogens (primary N) is 1. The fourth-order valence-corrected chi connectivity index (χ4v) is 3.53. The molecule has 0 aromatic heterocycles. The van der Waals surface area contributed by atoms with E-state index in [1.807, 2.05) is 12.1 Å². The molecule has 92 valence electrons. The van der Waals surface area contributed by atoms with Gasteiger partial charge in [-0.25, -0.2) is 0 Å². The zero-order valence-electron chi connectivity index (χ0n) is 9.98. The van der Waals surface area contributed by atoms with Gasteiger partial charge in [0.25, 0.3) is 0 Å². The molecular formula is C14H19ClN2. The van der Waals surface area contributed by atoms with Gasteiger partial charge in [0.2, 0.25) is 0 Å². The van der Waals surface area contributed by atoms with Crippen LogP contribution in [0.5, 0.6) is 0 Å². The Balaban J connectivity index is 1.70. The summed E-state index contributed by atoms with van der Waals surface area (Å²) in [5.74, 6) is 0.708. The molecule has 3 fully saturated rings. The van der Waals surface area contributed by atoms with Crippen LogP contribution in [0.4, 0.5) is 0 Å². The van der Waals surface area contributed by atoms with Crippen molar-refractivity contribution in [2.75, 3.05) is 6.54 Å². The number of piperidine rings is 2. The van der Waals surface area contributed by atoms with E-state index < -0.39 is 0 Å². The molecule has 0 spiro atoms. The molecule has 1 saturated carbocycles. The fourth-order valence-electron chi connectivity index (χ4n) is 3.32. The molecule has 1 aromatic rings. The normalized spacial score (nSPS) is 32.9. The summed E-state index contributed by atoms with van der Waals surface area (Å²) < 4.78 is 0. The standard InChI is InChI=1S/C14H19ClN2/c15-12-3-1-2-10(6-12)8-17-9-11-4-5-13(17)7-14(11)16/h1-3,6,11,13-14H,4-5,7-9,16H2. The molecule has 3 heteroatoms. The van der Waals surface area contributed by atoms with Crippen molar-refractivity contribution in [3.8, 4) is 0 Å². The van der Waals surface area contributed by atoms with Gasteiger partial charge in [0.1, 0.15) is 0 Å². The lowest BCUT2D eigenvalue weighted by Gasteiger charge is -2.48. The van der Waals surface area contributed by atoms with E-state index >= 15 is 0 Å². The summed E-state index contributed by atoms with van der Waals surface area (Å²) in [6, 6.07) is 9.32. The van der Waals surface area contributed by atoms with Crippen LogP contribution < -0.4 is 5.73 Å². The monoisotopic (exact) mass is 250 g/mol. The zero-order valence-corrected chi connectivity index (χ0v) is 10.7. The molecule has 2 N–H and O–H groups in total. The van der Waals surface area contributed by atoms with E-state index in [1.54, 1.807) is 0 Å².